The van der Waals surface area contributed by atoms with Crippen LogP contribution in [0, 0.1) is 0 Å². The van der Waals surface area contributed by atoms with Crippen molar-refractivity contribution in [3.63, 3.8) is 0 Å². The Labute approximate surface area is 109 Å². The summed E-state index contributed by atoms with van der Waals surface area (Å²) in [6, 6.07) is 0.00242. The Kier molecular flexibility index (Phi) is 12.5. The minimum Gasteiger partial charge on any atom is -0.382 e. The largest absolute Gasteiger partial charge is 0.382 e. The minimum atomic E-state index is 0.00242. The third-order valence-electron chi connectivity index (χ3n) is 2.14. The van der Waals surface area contributed by atoms with Gasteiger partial charge in [-0.15, -0.1) is 0 Å². The number of hydrogen-bond donors (Lipinski definition) is 1. The van der Waals surface area contributed by atoms with Crippen LogP contribution in [0.25, 0.3) is 0 Å². The van der Waals surface area contributed by atoms with Crippen molar-refractivity contribution >= 4 is 5.78 Å². The Morgan fingerprint density at radius 1 is 1.00 bits per heavy atom. The SMILES string of the molecule is COCCOCC(COCCOC)NCC(C)=O. The molecule has 0 spiro atoms. The molecule has 0 saturated heterocycles. The summed E-state index contributed by atoms with van der Waals surface area (Å²) in [7, 11) is 3.26. The number of hydrogen-bond acceptors (Lipinski definition) is 6. The zero-order chi connectivity index (χ0) is 13.6. The van der Waals surface area contributed by atoms with Gasteiger partial charge >= 0.3 is 0 Å². The molecular formula is C12H25NO5. The lowest BCUT2D eigenvalue weighted by Gasteiger charge is -2.18. The van der Waals surface area contributed by atoms with E-state index in [1.54, 1.807) is 21.1 Å². The average Bonchev–Trinajstić information content (AvgIpc) is 2.35. The number of rotatable bonds is 13. The second kappa shape index (κ2) is 12.9. The van der Waals surface area contributed by atoms with Crippen LogP contribution in [0.3, 0.4) is 0 Å². The standard InChI is InChI=1S/C12H25NO5/c1-11(14)8-13-12(9-17-6-4-15-2)10-18-7-5-16-3/h12-13H,4-10H2,1-3H3. The number of Topliss-reactive ketones (excluding diaryl/α,β-unsaturated/α-hetero) is 1. The molecule has 1 N–H and O–H groups in total. The topological polar surface area (TPSA) is 66.0 Å². The molecule has 18 heavy (non-hydrogen) atoms. The number of carbonyl (C=O) groups is 1. The summed E-state index contributed by atoms with van der Waals surface area (Å²) in [6.07, 6.45) is 0. The molecule has 0 aliphatic rings. The van der Waals surface area contributed by atoms with Gasteiger partial charge in [-0.1, -0.05) is 0 Å². The second-order valence-corrected chi connectivity index (χ2v) is 3.92. The molecule has 0 bridgehead atoms. The molecule has 0 rings (SSSR count). The van der Waals surface area contributed by atoms with Crippen LogP contribution < -0.4 is 5.32 Å². The molecule has 6 heteroatoms. The van der Waals surface area contributed by atoms with Crippen molar-refractivity contribution in [3.8, 4) is 0 Å². The van der Waals surface area contributed by atoms with E-state index in [2.05, 4.69) is 5.32 Å². The quantitative estimate of drug-likeness (QED) is 0.467. The zero-order valence-corrected chi connectivity index (χ0v) is 11.6. The number of nitrogens with one attached hydrogen (secondary N) is 1. The third-order valence-corrected chi connectivity index (χ3v) is 2.14. The molecule has 0 radical (unpaired) electrons. The summed E-state index contributed by atoms with van der Waals surface area (Å²) < 4.78 is 20.6. The van der Waals surface area contributed by atoms with E-state index in [0.717, 1.165) is 0 Å². The van der Waals surface area contributed by atoms with Crippen LogP contribution in [-0.4, -0.2) is 72.2 Å². The van der Waals surface area contributed by atoms with Gasteiger partial charge in [-0.3, -0.25) is 4.79 Å². The minimum absolute atomic E-state index is 0.00242. The number of ether oxygens (including phenoxy) is 4. The number of carbonyl (C=O) groups excluding carboxylic acids is 1. The van der Waals surface area contributed by atoms with Crippen LogP contribution in [0.5, 0.6) is 0 Å². The van der Waals surface area contributed by atoms with Crippen LogP contribution in [0.1, 0.15) is 6.92 Å². The van der Waals surface area contributed by atoms with Gasteiger partial charge in [-0.2, -0.15) is 0 Å². The van der Waals surface area contributed by atoms with Crippen molar-refractivity contribution in [1.29, 1.82) is 0 Å². The first-order valence-electron chi connectivity index (χ1n) is 6.06. The van der Waals surface area contributed by atoms with E-state index in [1.807, 2.05) is 0 Å². The first-order valence-corrected chi connectivity index (χ1v) is 6.06. The van der Waals surface area contributed by atoms with Gasteiger partial charge in [0.05, 0.1) is 52.2 Å². The Balaban J connectivity index is 3.73. The van der Waals surface area contributed by atoms with Gasteiger partial charge in [-0.05, 0) is 6.92 Å². The Bertz CT molecular complexity index is 189. The summed E-state index contributed by atoms with van der Waals surface area (Å²) >= 11 is 0. The van der Waals surface area contributed by atoms with E-state index in [-0.39, 0.29) is 11.8 Å². The van der Waals surface area contributed by atoms with E-state index in [1.165, 1.54) is 0 Å². The predicted octanol–water partition coefficient (Wildman–Crippen LogP) is -0.140. The molecule has 0 saturated carbocycles. The van der Waals surface area contributed by atoms with Crippen molar-refractivity contribution in [1.82, 2.24) is 5.32 Å². The lowest BCUT2D eigenvalue weighted by atomic mass is 10.3. The van der Waals surface area contributed by atoms with Gasteiger partial charge in [0, 0.05) is 14.2 Å². The van der Waals surface area contributed by atoms with E-state index in [4.69, 9.17) is 18.9 Å². The van der Waals surface area contributed by atoms with Crippen molar-refractivity contribution < 1.29 is 23.7 Å². The van der Waals surface area contributed by atoms with Gasteiger partial charge in [0.1, 0.15) is 5.78 Å². The summed E-state index contributed by atoms with van der Waals surface area (Å²) in [4.78, 5) is 10.9. The Morgan fingerprint density at radius 2 is 1.50 bits per heavy atom. The maximum absolute atomic E-state index is 10.9. The van der Waals surface area contributed by atoms with Crippen molar-refractivity contribution in [3.05, 3.63) is 0 Å². The molecule has 0 atom stereocenters. The molecular weight excluding hydrogens is 238 g/mol. The molecule has 0 amide bonds. The highest BCUT2D eigenvalue weighted by molar-refractivity contribution is 5.77. The lowest BCUT2D eigenvalue weighted by molar-refractivity contribution is -0.116. The molecule has 0 unspecified atom stereocenters. The fourth-order valence-corrected chi connectivity index (χ4v) is 1.19. The highest BCUT2D eigenvalue weighted by Gasteiger charge is 2.09. The summed E-state index contributed by atoms with van der Waals surface area (Å²) in [6.45, 7) is 5.04. The van der Waals surface area contributed by atoms with Crippen molar-refractivity contribution in [2.75, 3.05) is 60.4 Å². The maximum atomic E-state index is 10.9. The van der Waals surface area contributed by atoms with E-state index in [9.17, 15) is 4.79 Å². The van der Waals surface area contributed by atoms with Gasteiger partial charge in [0.15, 0.2) is 0 Å². The smallest absolute Gasteiger partial charge is 0.143 e. The molecule has 0 aromatic rings. The summed E-state index contributed by atoms with van der Waals surface area (Å²) in [5, 5.41) is 3.09. The second-order valence-electron chi connectivity index (χ2n) is 3.92. The number of methoxy groups -OCH3 is 2. The highest BCUT2D eigenvalue weighted by Crippen LogP contribution is 1.90. The Morgan fingerprint density at radius 3 is 1.89 bits per heavy atom. The maximum Gasteiger partial charge on any atom is 0.143 e. The Hall–Kier alpha value is -0.530. The van der Waals surface area contributed by atoms with E-state index < -0.39 is 0 Å². The zero-order valence-electron chi connectivity index (χ0n) is 11.6. The van der Waals surface area contributed by atoms with Crippen LogP contribution in [0.2, 0.25) is 0 Å². The molecule has 0 aromatic carbocycles. The molecule has 0 fully saturated rings. The molecule has 6 nitrogen and oxygen atoms in total. The highest BCUT2D eigenvalue weighted by atomic mass is 16.5. The van der Waals surface area contributed by atoms with Crippen molar-refractivity contribution in [2.24, 2.45) is 0 Å². The van der Waals surface area contributed by atoms with E-state index in [0.29, 0.717) is 46.2 Å². The molecule has 0 aliphatic heterocycles. The van der Waals surface area contributed by atoms with Crippen LogP contribution in [0.4, 0.5) is 0 Å². The third kappa shape index (κ3) is 11.9. The fourth-order valence-electron chi connectivity index (χ4n) is 1.19. The number of ketones is 1. The lowest BCUT2D eigenvalue weighted by Crippen LogP contribution is -2.40. The first-order chi connectivity index (χ1) is 8.70. The summed E-state index contributed by atoms with van der Waals surface area (Å²) in [5.74, 6) is 0.0915. The molecule has 0 aromatic heterocycles. The van der Waals surface area contributed by atoms with Gasteiger partial charge < -0.3 is 24.3 Å². The average molecular weight is 263 g/mol. The van der Waals surface area contributed by atoms with Crippen LogP contribution >= 0.6 is 0 Å². The summed E-state index contributed by atoms with van der Waals surface area (Å²) in [5.41, 5.74) is 0. The molecule has 0 heterocycles. The molecule has 0 aliphatic carbocycles. The van der Waals surface area contributed by atoms with Gasteiger partial charge in [-0.25, -0.2) is 0 Å². The molecule has 108 valence electrons. The first kappa shape index (κ1) is 17.5. The van der Waals surface area contributed by atoms with Gasteiger partial charge in [0.25, 0.3) is 0 Å². The van der Waals surface area contributed by atoms with Gasteiger partial charge in [0.2, 0.25) is 0 Å². The van der Waals surface area contributed by atoms with Crippen molar-refractivity contribution in [2.45, 2.75) is 13.0 Å². The fraction of sp³-hybridized carbons (Fsp3) is 0.917. The van der Waals surface area contributed by atoms with Crippen LogP contribution in [0.15, 0.2) is 0 Å². The van der Waals surface area contributed by atoms with E-state index >= 15 is 0 Å². The predicted molar refractivity (Wildman–Crippen MR) is 67.9 cm³/mol. The monoisotopic (exact) mass is 263 g/mol. The normalized spacial score (nSPS) is 11.1. The van der Waals surface area contributed by atoms with Crippen LogP contribution in [-0.2, 0) is 23.7 Å².